The van der Waals surface area contributed by atoms with Crippen molar-refractivity contribution in [3.8, 4) is 0 Å². The molecule has 19 heavy (non-hydrogen) atoms. The van der Waals surface area contributed by atoms with Crippen LogP contribution in [0.5, 0.6) is 0 Å². The number of benzene rings is 1. The fraction of sp³-hybridized carbons (Fsp3) is 0.417. The molecule has 1 aliphatic rings. The first-order valence-corrected chi connectivity index (χ1v) is 8.85. The van der Waals surface area contributed by atoms with E-state index < -0.39 is 15.1 Å². The summed E-state index contributed by atoms with van der Waals surface area (Å²) in [6, 6.07) is 5.05. The van der Waals surface area contributed by atoms with Gasteiger partial charge in [0.2, 0.25) is 0 Å². The summed E-state index contributed by atoms with van der Waals surface area (Å²) in [5.41, 5.74) is 0.394. The van der Waals surface area contributed by atoms with Crippen LogP contribution in [0.15, 0.2) is 22.7 Å². The summed E-state index contributed by atoms with van der Waals surface area (Å²) in [4.78, 5) is 13.9. The Morgan fingerprint density at radius 3 is 2.74 bits per heavy atom. The number of halogens is 2. The quantitative estimate of drug-likeness (QED) is 0.807. The van der Waals surface area contributed by atoms with E-state index in [0.29, 0.717) is 23.6 Å². The second-order valence-electron chi connectivity index (χ2n) is 4.62. The normalized spacial score (nSPS) is 19.7. The zero-order valence-electron chi connectivity index (χ0n) is 10.3. The summed E-state index contributed by atoms with van der Waals surface area (Å²) in [6.07, 6.45) is 1.69. The predicted octanol–water partition coefficient (Wildman–Crippen LogP) is 2.36. The zero-order valence-corrected chi connectivity index (χ0v) is 13.4. The summed E-state index contributed by atoms with van der Waals surface area (Å²) in [5, 5.41) is -0.0987. The summed E-state index contributed by atoms with van der Waals surface area (Å²) >= 11 is 9.30. The molecule has 1 aromatic rings. The lowest BCUT2D eigenvalue weighted by Crippen LogP contribution is -2.31. The Labute approximate surface area is 125 Å². The van der Waals surface area contributed by atoms with Gasteiger partial charge in [0.05, 0.1) is 15.8 Å². The van der Waals surface area contributed by atoms with Gasteiger partial charge in [-0.25, -0.2) is 8.42 Å². The van der Waals surface area contributed by atoms with E-state index in [2.05, 4.69) is 15.9 Å². The molecular weight excluding hydrogens is 354 g/mol. The molecule has 0 saturated carbocycles. The van der Waals surface area contributed by atoms with Crippen molar-refractivity contribution in [2.75, 3.05) is 19.3 Å². The average Bonchev–Trinajstić information content (AvgIpc) is 2.80. The third-order valence-corrected chi connectivity index (χ3v) is 5.62. The summed E-state index contributed by atoms with van der Waals surface area (Å²) < 4.78 is 23.7. The molecule has 7 heteroatoms. The highest BCUT2D eigenvalue weighted by Crippen LogP contribution is 2.25. The van der Waals surface area contributed by atoms with Crippen molar-refractivity contribution in [2.45, 2.75) is 11.7 Å². The lowest BCUT2D eigenvalue weighted by Gasteiger charge is -2.17. The largest absolute Gasteiger partial charge is 0.337 e. The molecule has 0 bridgehead atoms. The zero-order chi connectivity index (χ0) is 14.2. The van der Waals surface area contributed by atoms with Gasteiger partial charge in [0.25, 0.3) is 5.91 Å². The lowest BCUT2D eigenvalue weighted by molar-refractivity contribution is 0.0793. The van der Waals surface area contributed by atoms with Crippen molar-refractivity contribution in [1.29, 1.82) is 0 Å². The summed E-state index contributed by atoms with van der Waals surface area (Å²) in [6.45, 7) is 0.680. The van der Waals surface area contributed by atoms with Gasteiger partial charge in [0.1, 0.15) is 0 Å². The molecule has 2 rings (SSSR count). The van der Waals surface area contributed by atoms with Gasteiger partial charge in [-0.1, -0.05) is 27.5 Å². The van der Waals surface area contributed by atoms with E-state index in [0.717, 1.165) is 4.47 Å². The Morgan fingerprint density at radius 2 is 2.16 bits per heavy atom. The molecule has 1 amide bonds. The van der Waals surface area contributed by atoms with Gasteiger partial charge in [-0.2, -0.15) is 0 Å². The first kappa shape index (κ1) is 14.8. The van der Waals surface area contributed by atoms with Gasteiger partial charge in [-0.05, 0) is 24.6 Å². The number of rotatable bonds is 2. The van der Waals surface area contributed by atoms with Crippen molar-refractivity contribution < 1.29 is 13.2 Å². The Balaban J connectivity index is 2.20. The van der Waals surface area contributed by atoms with Crippen LogP contribution in [0.1, 0.15) is 16.8 Å². The Hall–Kier alpha value is -0.590. The Kier molecular flexibility index (Phi) is 4.23. The minimum Gasteiger partial charge on any atom is -0.337 e. The molecule has 0 spiro atoms. The molecule has 0 aromatic heterocycles. The first-order chi connectivity index (χ1) is 8.79. The smallest absolute Gasteiger partial charge is 0.255 e. The molecule has 1 heterocycles. The average molecular weight is 367 g/mol. The molecule has 1 saturated heterocycles. The number of likely N-dealkylation sites (tertiary alicyclic amines) is 1. The highest BCUT2D eigenvalue weighted by atomic mass is 79.9. The molecule has 0 radical (unpaired) electrons. The second-order valence-corrected chi connectivity index (χ2v) is 8.26. The van der Waals surface area contributed by atoms with Crippen molar-refractivity contribution >= 4 is 43.3 Å². The van der Waals surface area contributed by atoms with Crippen LogP contribution in [0.4, 0.5) is 0 Å². The highest BCUT2D eigenvalue weighted by Gasteiger charge is 2.33. The molecule has 104 valence electrons. The molecule has 4 nitrogen and oxygen atoms in total. The van der Waals surface area contributed by atoms with Gasteiger partial charge in [-0.3, -0.25) is 4.79 Å². The van der Waals surface area contributed by atoms with Crippen molar-refractivity contribution in [3.63, 3.8) is 0 Å². The number of nitrogens with zero attached hydrogens (tertiary/aromatic N) is 1. The molecule has 1 unspecified atom stereocenters. The van der Waals surface area contributed by atoms with Gasteiger partial charge in [0, 0.05) is 23.8 Å². The highest BCUT2D eigenvalue weighted by molar-refractivity contribution is 9.10. The monoisotopic (exact) mass is 365 g/mol. The number of amides is 1. The van der Waals surface area contributed by atoms with Crippen LogP contribution in [0.25, 0.3) is 0 Å². The van der Waals surface area contributed by atoms with E-state index in [-0.39, 0.29) is 12.5 Å². The van der Waals surface area contributed by atoms with Crippen LogP contribution in [0, 0.1) is 0 Å². The van der Waals surface area contributed by atoms with E-state index >= 15 is 0 Å². The topological polar surface area (TPSA) is 54.5 Å². The van der Waals surface area contributed by atoms with E-state index in [1.165, 1.54) is 6.26 Å². The molecular formula is C12H13BrClNO3S. The standard InChI is InChI=1S/C12H13BrClNO3S/c1-19(17,18)9-4-5-15(7-9)12(16)10-6-8(13)2-3-11(10)14/h2-3,6,9H,4-5,7H2,1H3. The fourth-order valence-electron chi connectivity index (χ4n) is 2.09. The number of hydrogen-bond donors (Lipinski definition) is 0. The van der Waals surface area contributed by atoms with Crippen LogP contribution >= 0.6 is 27.5 Å². The van der Waals surface area contributed by atoms with Crippen molar-refractivity contribution in [3.05, 3.63) is 33.3 Å². The Bertz CT molecular complexity index is 617. The molecule has 0 N–H and O–H groups in total. The first-order valence-electron chi connectivity index (χ1n) is 5.72. The summed E-state index contributed by atoms with van der Waals surface area (Å²) in [5.74, 6) is -0.225. The van der Waals surface area contributed by atoms with E-state index in [9.17, 15) is 13.2 Å². The Morgan fingerprint density at radius 1 is 1.47 bits per heavy atom. The SMILES string of the molecule is CS(=O)(=O)C1CCN(C(=O)c2cc(Br)ccc2Cl)C1. The number of carbonyl (C=O) groups is 1. The van der Waals surface area contributed by atoms with E-state index in [1.54, 1.807) is 23.1 Å². The maximum atomic E-state index is 12.3. The third kappa shape index (κ3) is 3.30. The number of hydrogen-bond acceptors (Lipinski definition) is 3. The van der Waals surface area contributed by atoms with Crippen LogP contribution in [-0.4, -0.2) is 43.8 Å². The van der Waals surface area contributed by atoms with E-state index in [4.69, 9.17) is 11.6 Å². The second kappa shape index (κ2) is 5.42. The van der Waals surface area contributed by atoms with Crippen LogP contribution in [0.2, 0.25) is 5.02 Å². The molecule has 1 aromatic carbocycles. The van der Waals surface area contributed by atoms with Crippen LogP contribution < -0.4 is 0 Å². The molecule has 1 fully saturated rings. The number of carbonyl (C=O) groups excluding carboxylic acids is 1. The lowest BCUT2D eigenvalue weighted by atomic mass is 10.2. The van der Waals surface area contributed by atoms with Crippen molar-refractivity contribution in [2.24, 2.45) is 0 Å². The molecule has 1 atom stereocenters. The van der Waals surface area contributed by atoms with Crippen LogP contribution in [-0.2, 0) is 9.84 Å². The minimum atomic E-state index is -3.11. The maximum absolute atomic E-state index is 12.3. The molecule has 1 aliphatic heterocycles. The minimum absolute atomic E-state index is 0.225. The maximum Gasteiger partial charge on any atom is 0.255 e. The van der Waals surface area contributed by atoms with Gasteiger partial charge >= 0.3 is 0 Å². The van der Waals surface area contributed by atoms with E-state index in [1.807, 2.05) is 0 Å². The van der Waals surface area contributed by atoms with Gasteiger partial charge < -0.3 is 4.90 Å². The molecule has 0 aliphatic carbocycles. The van der Waals surface area contributed by atoms with Gasteiger partial charge in [0.15, 0.2) is 9.84 Å². The van der Waals surface area contributed by atoms with Crippen LogP contribution in [0.3, 0.4) is 0 Å². The number of sulfone groups is 1. The predicted molar refractivity (Wildman–Crippen MR) is 78.3 cm³/mol. The summed E-state index contributed by atoms with van der Waals surface area (Å²) in [7, 11) is -3.11. The third-order valence-electron chi connectivity index (χ3n) is 3.20. The fourth-order valence-corrected chi connectivity index (χ4v) is 3.64. The van der Waals surface area contributed by atoms with Gasteiger partial charge in [-0.15, -0.1) is 0 Å². The van der Waals surface area contributed by atoms with Crippen molar-refractivity contribution in [1.82, 2.24) is 4.90 Å².